The van der Waals surface area contributed by atoms with Crippen molar-refractivity contribution in [1.82, 2.24) is 4.31 Å². The molecule has 0 radical (unpaired) electrons. The second-order valence-electron chi connectivity index (χ2n) is 3.49. The number of carbonyl (C=O) groups is 1. The predicted octanol–water partition coefficient (Wildman–Crippen LogP) is 1.21. The number of rotatable bonds is 4. The van der Waals surface area contributed by atoms with Crippen LogP contribution in [-0.4, -0.2) is 30.8 Å². The maximum Gasteiger partial charge on any atom is 0.329 e. The lowest BCUT2D eigenvalue weighted by Crippen LogP contribution is -2.21. The zero-order chi connectivity index (χ0) is 13.1. The number of aliphatic carboxylic acids is 1. The highest BCUT2D eigenvalue weighted by Gasteiger charge is 2.17. The normalized spacial score (nSPS) is 11.6. The molecule has 0 saturated heterocycles. The molecule has 0 amide bonds. The van der Waals surface area contributed by atoms with Crippen LogP contribution in [0.3, 0.4) is 0 Å². The van der Waals surface area contributed by atoms with Crippen LogP contribution in [0.15, 0.2) is 41.4 Å². The van der Waals surface area contributed by atoms with Gasteiger partial charge in [0.05, 0.1) is 4.90 Å². The Labute approximate surface area is 100 Å². The summed E-state index contributed by atoms with van der Waals surface area (Å²) in [5.74, 6) is -1.20. The zero-order valence-electron chi connectivity index (χ0n) is 9.49. The summed E-state index contributed by atoms with van der Waals surface area (Å²) >= 11 is 0. The first-order valence-corrected chi connectivity index (χ1v) is 6.24. The Balaban J connectivity index is 3.03. The third-order valence-corrected chi connectivity index (χ3v) is 3.87. The largest absolute Gasteiger partial charge is 0.478 e. The molecule has 0 aliphatic rings. The van der Waals surface area contributed by atoms with Gasteiger partial charge in [0.1, 0.15) is 0 Å². The molecule has 92 valence electrons. The molecule has 0 heterocycles. The van der Waals surface area contributed by atoms with Crippen molar-refractivity contribution < 1.29 is 18.3 Å². The minimum absolute atomic E-state index is 0.126. The first-order valence-electron chi connectivity index (χ1n) is 4.80. The van der Waals surface area contributed by atoms with Gasteiger partial charge in [-0.1, -0.05) is 17.7 Å². The molecule has 0 aliphatic heterocycles. The highest BCUT2D eigenvalue weighted by Crippen LogP contribution is 2.14. The van der Waals surface area contributed by atoms with Crippen molar-refractivity contribution in [2.75, 3.05) is 7.05 Å². The van der Waals surface area contributed by atoms with Gasteiger partial charge in [-0.25, -0.2) is 13.2 Å². The van der Waals surface area contributed by atoms with Gasteiger partial charge in [-0.15, -0.1) is 0 Å². The van der Waals surface area contributed by atoms with Gasteiger partial charge in [-0.05, 0) is 19.1 Å². The number of benzene rings is 1. The number of aryl methyl sites for hydroxylation is 1. The Morgan fingerprint density at radius 1 is 1.29 bits per heavy atom. The van der Waals surface area contributed by atoms with Gasteiger partial charge < -0.3 is 5.11 Å². The average molecular weight is 255 g/mol. The molecule has 0 unspecified atom stereocenters. The number of hydrogen-bond donors (Lipinski definition) is 1. The lowest BCUT2D eigenvalue weighted by atomic mass is 10.2. The van der Waals surface area contributed by atoms with Crippen LogP contribution in [0, 0.1) is 6.92 Å². The number of hydrogen-bond acceptors (Lipinski definition) is 3. The molecule has 0 aromatic heterocycles. The van der Waals surface area contributed by atoms with E-state index in [1.807, 2.05) is 6.92 Å². The first kappa shape index (κ1) is 13.2. The molecule has 1 aromatic rings. The molecule has 1 N–H and O–H groups in total. The van der Waals surface area contributed by atoms with Crippen LogP contribution in [0.25, 0.3) is 0 Å². The van der Waals surface area contributed by atoms with Crippen molar-refractivity contribution in [3.05, 3.63) is 42.1 Å². The van der Waals surface area contributed by atoms with Crippen molar-refractivity contribution in [1.29, 1.82) is 0 Å². The quantitative estimate of drug-likeness (QED) is 0.821. The minimum Gasteiger partial charge on any atom is -0.478 e. The molecule has 0 spiro atoms. The first-order chi connectivity index (χ1) is 7.84. The van der Waals surface area contributed by atoms with Crippen LogP contribution >= 0.6 is 0 Å². The highest BCUT2D eigenvalue weighted by atomic mass is 32.2. The number of carboxylic acids is 1. The summed E-state index contributed by atoms with van der Waals surface area (Å²) in [6.45, 7) is 1.85. The lowest BCUT2D eigenvalue weighted by molar-refractivity contribution is -0.131. The summed E-state index contributed by atoms with van der Waals surface area (Å²) in [4.78, 5) is 10.4. The summed E-state index contributed by atoms with van der Waals surface area (Å²) in [5.41, 5.74) is 0.952. The second kappa shape index (κ2) is 5.01. The number of nitrogens with zero attached hydrogens (tertiary/aromatic N) is 1. The van der Waals surface area contributed by atoms with Crippen molar-refractivity contribution >= 4 is 16.0 Å². The van der Waals surface area contributed by atoms with E-state index in [4.69, 9.17) is 5.11 Å². The molecular formula is C11H13NO4S. The summed E-state index contributed by atoms with van der Waals surface area (Å²) < 4.78 is 24.7. The molecule has 0 bridgehead atoms. The Morgan fingerprint density at radius 3 is 2.29 bits per heavy atom. The highest BCUT2D eigenvalue weighted by molar-refractivity contribution is 7.89. The van der Waals surface area contributed by atoms with Crippen molar-refractivity contribution in [3.8, 4) is 0 Å². The second-order valence-corrected chi connectivity index (χ2v) is 5.49. The van der Waals surface area contributed by atoms with E-state index in [0.717, 1.165) is 22.1 Å². The van der Waals surface area contributed by atoms with Gasteiger partial charge >= 0.3 is 5.97 Å². The van der Waals surface area contributed by atoms with Crippen molar-refractivity contribution in [3.63, 3.8) is 0 Å². The van der Waals surface area contributed by atoms with Crippen LogP contribution in [0.2, 0.25) is 0 Å². The lowest BCUT2D eigenvalue weighted by Gasteiger charge is -2.14. The van der Waals surface area contributed by atoms with E-state index in [1.54, 1.807) is 12.1 Å². The fourth-order valence-corrected chi connectivity index (χ4v) is 2.16. The van der Waals surface area contributed by atoms with E-state index in [-0.39, 0.29) is 4.90 Å². The molecule has 17 heavy (non-hydrogen) atoms. The number of sulfonamides is 1. The predicted molar refractivity (Wildman–Crippen MR) is 62.9 cm³/mol. The monoisotopic (exact) mass is 255 g/mol. The van der Waals surface area contributed by atoms with E-state index < -0.39 is 16.0 Å². The summed E-state index contributed by atoms with van der Waals surface area (Å²) in [7, 11) is -2.38. The van der Waals surface area contributed by atoms with Gasteiger partial charge in [-0.3, -0.25) is 4.31 Å². The van der Waals surface area contributed by atoms with Crippen molar-refractivity contribution in [2.45, 2.75) is 11.8 Å². The zero-order valence-corrected chi connectivity index (χ0v) is 10.3. The molecule has 1 aromatic carbocycles. The standard InChI is InChI=1S/C11H13NO4S/c1-9-3-5-10(6-4-9)17(15,16)12(2)8-7-11(13)14/h3-8H,1-2H3,(H,13,14)/b8-7+. The van der Waals surface area contributed by atoms with Gasteiger partial charge in [0, 0.05) is 19.3 Å². The minimum atomic E-state index is -3.67. The van der Waals surface area contributed by atoms with Crippen LogP contribution in [0.4, 0.5) is 0 Å². The average Bonchev–Trinajstić information content (AvgIpc) is 2.26. The van der Waals surface area contributed by atoms with E-state index in [9.17, 15) is 13.2 Å². The smallest absolute Gasteiger partial charge is 0.329 e. The molecule has 5 nitrogen and oxygen atoms in total. The maximum absolute atomic E-state index is 11.9. The van der Waals surface area contributed by atoms with Crippen LogP contribution in [0.5, 0.6) is 0 Å². The number of carboxylic acid groups (broad SMARTS) is 1. The summed E-state index contributed by atoms with van der Waals surface area (Å²) in [6, 6.07) is 6.33. The van der Waals surface area contributed by atoms with Crippen molar-refractivity contribution in [2.24, 2.45) is 0 Å². The maximum atomic E-state index is 11.9. The third kappa shape index (κ3) is 3.32. The Kier molecular flexibility index (Phi) is 3.90. The van der Waals surface area contributed by atoms with Gasteiger partial charge in [-0.2, -0.15) is 0 Å². The van der Waals surface area contributed by atoms with E-state index in [2.05, 4.69) is 0 Å². The van der Waals surface area contributed by atoms with E-state index in [1.165, 1.54) is 19.2 Å². The molecule has 0 atom stereocenters. The molecular weight excluding hydrogens is 242 g/mol. The topological polar surface area (TPSA) is 74.7 Å². The van der Waals surface area contributed by atoms with Gasteiger partial charge in [0.15, 0.2) is 0 Å². The molecule has 0 aliphatic carbocycles. The van der Waals surface area contributed by atoms with Gasteiger partial charge in [0.25, 0.3) is 10.0 Å². The molecule has 6 heteroatoms. The third-order valence-electron chi connectivity index (χ3n) is 2.13. The molecule has 1 rings (SSSR count). The van der Waals surface area contributed by atoms with E-state index >= 15 is 0 Å². The van der Waals surface area contributed by atoms with Crippen LogP contribution < -0.4 is 0 Å². The van der Waals surface area contributed by atoms with Crippen LogP contribution in [-0.2, 0) is 14.8 Å². The van der Waals surface area contributed by atoms with Gasteiger partial charge in [0.2, 0.25) is 0 Å². The fraction of sp³-hybridized carbons (Fsp3) is 0.182. The summed E-state index contributed by atoms with van der Waals surface area (Å²) in [6.07, 6.45) is 1.77. The Bertz CT molecular complexity index is 531. The molecule has 0 saturated carbocycles. The van der Waals surface area contributed by atoms with Crippen LogP contribution in [0.1, 0.15) is 5.56 Å². The fourth-order valence-electron chi connectivity index (χ4n) is 1.13. The SMILES string of the molecule is Cc1ccc(S(=O)(=O)N(C)/C=C/C(=O)O)cc1. The Hall–Kier alpha value is -1.82. The van der Waals surface area contributed by atoms with E-state index in [0.29, 0.717) is 0 Å². The molecule has 0 fully saturated rings. The Morgan fingerprint density at radius 2 is 1.82 bits per heavy atom. The summed E-state index contributed by atoms with van der Waals surface area (Å²) in [5, 5.41) is 8.43.